The molecule has 0 saturated carbocycles. The van der Waals surface area contributed by atoms with Crippen LogP contribution in [0.15, 0.2) is 48.5 Å². The third kappa shape index (κ3) is 6.02. The first-order chi connectivity index (χ1) is 13.6. The van der Waals surface area contributed by atoms with E-state index in [0.717, 1.165) is 47.2 Å². The molecular weight excluding hydrogens is 372 g/mol. The number of nitrogens with zero attached hydrogens (tertiary/aromatic N) is 1. The molecule has 2 amide bonds. The van der Waals surface area contributed by atoms with Crippen molar-refractivity contribution in [3.63, 3.8) is 0 Å². The van der Waals surface area contributed by atoms with Crippen LogP contribution in [-0.2, 0) is 22.4 Å². The summed E-state index contributed by atoms with van der Waals surface area (Å²) in [5.41, 5.74) is 2.64. The average molecular weight is 399 g/mol. The molecule has 0 bridgehead atoms. The normalized spacial score (nSPS) is 13.8. The van der Waals surface area contributed by atoms with Crippen molar-refractivity contribution in [1.82, 2.24) is 4.90 Å². The number of anilines is 1. The van der Waals surface area contributed by atoms with Crippen LogP contribution in [-0.4, -0.2) is 47.9 Å². The Morgan fingerprint density at radius 2 is 1.57 bits per heavy atom. The van der Waals surface area contributed by atoms with E-state index in [1.807, 2.05) is 72.1 Å². The highest BCUT2D eigenvalue weighted by atomic mass is 32.2. The Morgan fingerprint density at radius 3 is 2.21 bits per heavy atom. The molecule has 1 fully saturated rings. The summed E-state index contributed by atoms with van der Waals surface area (Å²) in [5, 5.41) is 2.91. The summed E-state index contributed by atoms with van der Waals surface area (Å²) in [6.45, 7) is 4.24. The Kier molecular flexibility index (Phi) is 7.37. The molecule has 1 saturated heterocycles. The van der Waals surface area contributed by atoms with Crippen LogP contribution in [0.25, 0.3) is 0 Å². The molecule has 0 aromatic heterocycles. The predicted octanol–water partition coefficient (Wildman–Crippen LogP) is 3.38. The quantitative estimate of drug-likeness (QED) is 0.777. The Labute approximate surface area is 170 Å². The summed E-state index contributed by atoms with van der Waals surface area (Å²) < 4.78 is 5.41. The topological polar surface area (TPSA) is 58.6 Å². The standard InChI is InChI=1S/C22H26N2O3S/c1-2-27-20-9-5-17(6-10-20)15-21(25)23-19-7-3-18(4-8-19)16-22(26)24-11-13-28-14-12-24/h3-10H,2,11-16H2,1H3,(H,23,25). The maximum Gasteiger partial charge on any atom is 0.228 e. The molecule has 148 valence electrons. The van der Waals surface area contributed by atoms with Gasteiger partial charge in [-0.2, -0.15) is 11.8 Å². The van der Waals surface area contributed by atoms with Gasteiger partial charge in [-0.1, -0.05) is 24.3 Å². The summed E-state index contributed by atoms with van der Waals surface area (Å²) in [4.78, 5) is 26.5. The van der Waals surface area contributed by atoms with Crippen LogP contribution in [0.4, 0.5) is 5.69 Å². The fourth-order valence-corrected chi connectivity index (χ4v) is 3.97. The molecule has 1 aliphatic rings. The first kappa shape index (κ1) is 20.3. The molecule has 1 aliphatic heterocycles. The maximum absolute atomic E-state index is 12.3. The third-order valence-corrected chi connectivity index (χ3v) is 5.50. The number of thioether (sulfide) groups is 1. The summed E-state index contributed by atoms with van der Waals surface area (Å²) in [5.74, 6) is 2.95. The number of amides is 2. The maximum atomic E-state index is 12.3. The molecule has 28 heavy (non-hydrogen) atoms. The van der Waals surface area contributed by atoms with Crippen LogP contribution in [0.3, 0.4) is 0 Å². The van der Waals surface area contributed by atoms with E-state index in [1.165, 1.54) is 0 Å². The molecule has 0 unspecified atom stereocenters. The summed E-state index contributed by atoms with van der Waals surface area (Å²) >= 11 is 1.89. The second-order valence-corrected chi connectivity index (χ2v) is 7.89. The molecular formula is C22H26N2O3S. The number of carbonyl (C=O) groups excluding carboxylic acids is 2. The van der Waals surface area contributed by atoms with Gasteiger partial charge in [0.25, 0.3) is 0 Å². The molecule has 0 atom stereocenters. The second kappa shape index (κ2) is 10.2. The summed E-state index contributed by atoms with van der Waals surface area (Å²) in [6, 6.07) is 15.1. The minimum Gasteiger partial charge on any atom is -0.494 e. The van der Waals surface area contributed by atoms with Gasteiger partial charge in [0.2, 0.25) is 11.8 Å². The zero-order valence-electron chi connectivity index (χ0n) is 16.1. The molecule has 6 heteroatoms. The van der Waals surface area contributed by atoms with Crippen LogP contribution in [0.2, 0.25) is 0 Å². The van der Waals surface area contributed by atoms with Gasteiger partial charge < -0.3 is 15.0 Å². The Hall–Kier alpha value is -2.47. The Bertz CT molecular complexity index is 784. The van der Waals surface area contributed by atoms with E-state index in [4.69, 9.17) is 4.74 Å². The van der Waals surface area contributed by atoms with Crippen molar-refractivity contribution < 1.29 is 14.3 Å². The fourth-order valence-electron chi connectivity index (χ4n) is 3.07. The van der Waals surface area contributed by atoms with Gasteiger partial charge >= 0.3 is 0 Å². The van der Waals surface area contributed by atoms with E-state index in [-0.39, 0.29) is 11.8 Å². The van der Waals surface area contributed by atoms with E-state index in [1.54, 1.807) is 0 Å². The number of ether oxygens (including phenoxy) is 1. The zero-order chi connectivity index (χ0) is 19.8. The van der Waals surface area contributed by atoms with Crippen LogP contribution in [0, 0.1) is 0 Å². The highest BCUT2D eigenvalue weighted by Gasteiger charge is 2.16. The van der Waals surface area contributed by atoms with E-state index < -0.39 is 0 Å². The molecule has 2 aromatic rings. The van der Waals surface area contributed by atoms with Gasteiger partial charge in [-0.15, -0.1) is 0 Å². The second-order valence-electron chi connectivity index (χ2n) is 6.67. The minimum absolute atomic E-state index is 0.0706. The van der Waals surface area contributed by atoms with Crippen molar-refractivity contribution in [3.8, 4) is 5.75 Å². The van der Waals surface area contributed by atoms with Crippen molar-refractivity contribution in [2.24, 2.45) is 0 Å². The summed E-state index contributed by atoms with van der Waals surface area (Å²) in [6.07, 6.45) is 0.713. The smallest absolute Gasteiger partial charge is 0.228 e. The highest BCUT2D eigenvalue weighted by molar-refractivity contribution is 7.99. The molecule has 0 radical (unpaired) electrons. The lowest BCUT2D eigenvalue weighted by Crippen LogP contribution is -2.38. The molecule has 5 nitrogen and oxygen atoms in total. The number of hydrogen-bond donors (Lipinski definition) is 1. The van der Waals surface area contributed by atoms with Crippen molar-refractivity contribution >= 4 is 29.3 Å². The SMILES string of the molecule is CCOc1ccc(CC(=O)Nc2ccc(CC(=O)N3CCSCC3)cc2)cc1. The number of nitrogens with one attached hydrogen (secondary N) is 1. The molecule has 1 N–H and O–H groups in total. The van der Waals surface area contributed by atoms with Crippen molar-refractivity contribution in [1.29, 1.82) is 0 Å². The highest BCUT2D eigenvalue weighted by Crippen LogP contribution is 2.15. The van der Waals surface area contributed by atoms with Crippen molar-refractivity contribution in [3.05, 3.63) is 59.7 Å². The van der Waals surface area contributed by atoms with E-state index in [0.29, 0.717) is 19.4 Å². The first-order valence-electron chi connectivity index (χ1n) is 9.60. The Morgan fingerprint density at radius 1 is 0.964 bits per heavy atom. The molecule has 0 spiro atoms. The van der Waals surface area contributed by atoms with Gasteiger partial charge in [0.15, 0.2) is 0 Å². The number of carbonyl (C=O) groups is 2. The molecule has 3 rings (SSSR count). The zero-order valence-corrected chi connectivity index (χ0v) is 17.0. The van der Waals surface area contributed by atoms with Crippen molar-refractivity contribution in [2.75, 3.05) is 36.5 Å². The van der Waals surface area contributed by atoms with Gasteiger partial charge in [-0.3, -0.25) is 9.59 Å². The van der Waals surface area contributed by atoms with E-state index in [2.05, 4.69) is 5.32 Å². The van der Waals surface area contributed by atoms with Gasteiger partial charge in [0.05, 0.1) is 19.4 Å². The van der Waals surface area contributed by atoms with Gasteiger partial charge in [-0.25, -0.2) is 0 Å². The number of hydrogen-bond acceptors (Lipinski definition) is 4. The van der Waals surface area contributed by atoms with Gasteiger partial charge in [0, 0.05) is 30.3 Å². The third-order valence-electron chi connectivity index (χ3n) is 4.56. The summed E-state index contributed by atoms with van der Waals surface area (Å²) in [7, 11) is 0. The lowest BCUT2D eigenvalue weighted by molar-refractivity contribution is -0.130. The van der Waals surface area contributed by atoms with E-state index in [9.17, 15) is 9.59 Å². The van der Waals surface area contributed by atoms with Crippen LogP contribution >= 0.6 is 11.8 Å². The largest absolute Gasteiger partial charge is 0.494 e. The van der Waals surface area contributed by atoms with Crippen LogP contribution < -0.4 is 10.1 Å². The molecule has 1 heterocycles. The fraction of sp³-hybridized carbons (Fsp3) is 0.364. The Balaban J connectivity index is 1.49. The number of benzene rings is 2. The monoisotopic (exact) mass is 398 g/mol. The van der Waals surface area contributed by atoms with Gasteiger partial charge in [0.1, 0.15) is 5.75 Å². The van der Waals surface area contributed by atoms with Crippen LogP contribution in [0.5, 0.6) is 5.75 Å². The lowest BCUT2D eigenvalue weighted by atomic mass is 10.1. The lowest BCUT2D eigenvalue weighted by Gasteiger charge is -2.26. The van der Waals surface area contributed by atoms with Crippen molar-refractivity contribution in [2.45, 2.75) is 19.8 Å². The molecule has 0 aliphatic carbocycles. The van der Waals surface area contributed by atoms with Gasteiger partial charge in [-0.05, 0) is 42.3 Å². The first-order valence-corrected chi connectivity index (χ1v) is 10.8. The predicted molar refractivity (Wildman–Crippen MR) is 114 cm³/mol. The van der Waals surface area contributed by atoms with E-state index >= 15 is 0 Å². The van der Waals surface area contributed by atoms with Crippen LogP contribution in [0.1, 0.15) is 18.1 Å². The molecule has 2 aromatic carbocycles. The minimum atomic E-state index is -0.0706. The number of rotatable bonds is 7. The average Bonchev–Trinajstić information content (AvgIpc) is 2.72.